The number of H-pyrrole nitrogens is 1. The lowest BCUT2D eigenvalue weighted by Gasteiger charge is -2.47. The van der Waals surface area contributed by atoms with Crippen molar-refractivity contribution in [3.8, 4) is 28.1 Å². The largest absolute Gasteiger partial charge is 0.507 e. The maximum atomic E-state index is 10.4. The van der Waals surface area contributed by atoms with Crippen molar-refractivity contribution in [2.75, 3.05) is 18.0 Å². The fourth-order valence-electron chi connectivity index (χ4n) is 4.23. The van der Waals surface area contributed by atoms with E-state index in [2.05, 4.69) is 30.3 Å². The number of benzene rings is 1. The van der Waals surface area contributed by atoms with Gasteiger partial charge in [0.15, 0.2) is 0 Å². The molecule has 2 fully saturated rings. The van der Waals surface area contributed by atoms with Gasteiger partial charge in [0.25, 0.3) is 0 Å². The Morgan fingerprint density at radius 2 is 1.85 bits per heavy atom. The smallest absolute Gasteiger partial charge is 0.245 e. The third-order valence-electron chi connectivity index (χ3n) is 6.18. The van der Waals surface area contributed by atoms with Crippen LogP contribution in [0.5, 0.6) is 5.75 Å². The third-order valence-corrected chi connectivity index (χ3v) is 6.18. The zero-order valence-electron chi connectivity index (χ0n) is 15.1. The van der Waals surface area contributed by atoms with E-state index in [4.69, 9.17) is 0 Å². The third kappa shape index (κ3) is 2.93. The highest BCUT2D eigenvalue weighted by molar-refractivity contribution is 5.73. The second-order valence-electron chi connectivity index (χ2n) is 7.70. The zero-order chi connectivity index (χ0) is 18.3. The summed E-state index contributed by atoms with van der Waals surface area (Å²) in [5, 5.41) is 25.8. The number of aromatic nitrogens is 5. The Labute approximate surface area is 157 Å². The van der Waals surface area contributed by atoms with Crippen LogP contribution >= 0.6 is 0 Å². The lowest BCUT2D eigenvalue weighted by Crippen LogP contribution is -2.44. The summed E-state index contributed by atoms with van der Waals surface area (Å²) in [5.41, 5.74) is 3.61. The van der Waals surface area contributed by atoms with Gasteiger partial charge in [-0.2, -0.15) is 5.10 Å². The molecule has 2 aliphatic rings. The minimum atomic E-state index is 0.155. The molecule has 7 heteroatoms. The molecular formula is C20H22N6O. The van der Waals surface area contributed by atoms with E-state index in [-0.39, 0.29) is 5.75 Å². The summed E-state index contributed by atoms with van der Waals surface area (Å²) in [5.74, 6) is 0.838. The standard InChI is InChI=1S/C20H22N6O/c27-18-10-14(15-11-22-23-12-15)2-3-16(18)17-13-21-19(25-24-17)26-8-6-20(7-9-26)4-1-5-20/h2-3,10-13,27H,1,4-9H2,(H,22,23). The highest BCUT2D eigenvalue weighted by Gasteiger charge is 2.39. The van der Waals surface area contributed by atoms with Crippen LogP contribution in [0.2, 0.25) is 0 Å². The predicted molar refractivity (Wildman–Crippen MR) is 102 cm³/mol. The number of rotatable bonds is 3. The Bertz CT molecular complexity index is 924. The van der Waals surface area contributed by atoms with E-state index in [0.29, 0.717) is 22.6 Å². The Morgan fingerprint density at radius 3 is 2.44 bits per heavy atom. The quantitative estimate of drug-likeness (QED) is 0.742. The number of phenolic OH excluding ortho intramolecular Hbond substituents is 1. The molecule has 138 valence electrons. The van der Waals surface area contributed by atoms with Crippen LogP contribution in [0.15, 0.2) is 36.8 Å². The average molecular weight is 362 g/mol. The minimum Gasteiger partial charge on any atom is -0.507 e. The van der Waals surface area contributed by atoms with Crippen molar-refractivity contribution in [3.63, 3.8) is 0 Å². The maximum Gasteiger partial charge on any atom is 0.245 e. The van der Waals surface area contributed by atoms with E-state index in [1.807, 2.05) is 12.1 Å². The number of hydrogen-bond donors (Lipinski definition) is 2. The number of hydrogen-bond acceptors (Lipinski definition) is 6. The van der Waals surface area contributed by atoms with Crippen molar-refractivity contribution in [2.45, 2.75) is 32.1 Å². The van der Waals surface area contributed by atoms with Crippen LogP contribution in [0.25, 0.3) is 22.4 Å². The number of nitrogens with one attached hydrogen (secondary N) is 1. The fourth-order valence-corrected chi connectivity index (χ4v) is 4.23. The van der Waals surface area contributed by atoms with Crippen molar-refractivity contribution >= 4 is 5.95 Å². The molecule has 2 N–H and O–H groups in total. The first kappa shape index (κ1) is 16.2. The van der Waals surface area contributed by atoms with Gasteiger partial charge in [0.1, 0.15) is 11.4 Å². The van der Waals surface area contributed by atoms with E-state index >= 15 is 0 Å². The number of anilines is 1. The van der Waals surface area contributed by atoms with E-state index in [0.717, 1.165) is 24.2 Å². The molecule has 1 aliphatic heterocycles. The van der Waals surface area contributed by atoms with Crippen molar-refractivity contribution in [2.24, 2.45) is 5.41 Å². The zero-order valence-corrected chi connectivity index (χ0v) is 15.1. The monoisotopic (exact) mass is 362 g/mol. The summed E-state index contributed by atoms with van der Waals surface area (Å²) in [6.45, 7) is 2.01. The molecule has 27 heavy (non-hydrogen) atoms. The molecule has 0 amide bonds. The van der Waals surface area contributed by atoms with Crippen LogP contribution in [0, 0.1) is 5.41 Å². The second-order valence-corrected chi connectivity index (χ2v) is 7.70. The van der Waals surface area contributed by atoms with Crippen LogP contribution in [0.3, 0.4) is 0 Å². The molecular weight excluding hydrogens is 340 g/mol. The van der Waals surface area contributed by atoms with Gasteiger partial charge < -0.3 is 10.0 Å². The average Bonchev–Trinajstić information content (AvgIpc) is 3.22. The Kier molecular flexibility index (Phi) is 3.81. The molecule has 0 radical (unpaired) electrons. The van der Waals surface area contributed by atoms with Crippen LogP contribution in [-0.2, 0) is 0 Å². The Morgan fingerprint density at radius 1 is 1.00 bits per heavy atom. The van der Waals surface area contributed by atoms with Crippen LogP contribution in [-0.4, -0.2) is 43.6 Å². The first-order valence-electron chi connectivity index (χ1n) is 9.50. The number of aromatic hydroxyl groups is 1. The highest BCUT2D eigenvalue weighted by Crippen LogP contribution is 2.49. The van der Waals surface area contributed by atoms with Crippen LogP contribution < -0.4 is 4.90 Å². The molecule has 5 rings (SSSR count). The molecule has 7 nitrogen and oxygen atoms in total. The maximum absolute atomic E-state index is 10.4. The molecule has 2 aromatic heterocycles. The molecule has 3 heterocycles. The van der Waals surface area contributed by atoms with Crippen LogP contribution in [0.4, 0.5) is 5.95 Å². The number of aromatic amines is 1. The molecule has 1 aliphatic carbocycles. The van der Waals surface area contributed by atoms with E-state index in [9.17, 15) is 5.11 Å². The van der Waals surface area contributed by atoms with Gasteiger partial charge in [-0.25, -0.2) is 4.98 Å². The molecule has 0 unspecified atom stereocenters. The van der Waals surface area contributed by atoms with Gasteiger partial charge in [-0.15, -0.1) is 10.2 Å². The molecule has 1 saturated carbocycles. The summed E-state index contributed by atoms with van der Waals surface area (Å²) in [7, 11) is 0. The summed E-state index contributed by atoms with van der Waals surface area (Å²) in [6, 6.07) is 5.47. The second kappa shape index (κ2) is 6.33. The molecule has 0 bridgehead atoms. The molecule has 1 aromatic carbocycles. The van der Waals surface area contributed by atoms with E-state index < -0.39 is 0 Å². The van der Waals surface area contributed by atoms with Gasteiger partial charge in [-0.1, -0.05) is 12.5 Å². The number of piperidine rings is 1. The summed E-state index contributed by atoms with van der Waals surface area (Å²) >= 11 is 0. The Balaban J connectivity index is 1.33. The highest BCUT2D eigenvalue weighted by atomic mass is 16.3. The SMILES string of the molecule is Oc1cc(-c2cn[nH]c2)ccc1-c1cnc(N2CCC3(CCC3)CC2)nn1. The van der Waals surface area contributed by atoms with Gasteiger partial charge in [0, 0.05) is 30.4 Å². The lowest BCUT2D eigenvalue weighted by molar-refractivity contribution is 0.0950. The number of nitrogens with zero attached hydrogens (tertiary/aromatic N) is 5. The van der Waals surface area contributed by atoms with E-state index in [1.54, 1.807) is 24.7 Å². The topological polar surface area (TPSA) is 90.8 Å². The first-order chi connectivity index (χ1) is 13.2. The summed E-state index contributed by atoms with van der Waals surface area (Å²) in [6.07, 6.45) is 11.8. The van der Waals surface area contributed by atoms with Gasteiger partial charge in [-0.05, 0) is 48.8 Å². The summed E-state index contributed by atoms with van der Waals surface area (Å²) in [4.78, 5) is 6.73. The van der Waals surface area contributed by atoms with Crippen molar-refractivity contribution in [1.82, 2.24) is 25.4 Å². The van der Waals surface area contributed by atoms with Gasteiger partial charge in [0.2, 0.25) is 5.95 Å². The minimum absolute atomic E-state index is 0.155. The molecule has 1 spiro atoms. The van der Waals surface area contributed by atoms with Gasteiger partial charge >= 0.3 is 0 Å². The number of phenols is 1. The first-order valence-corrected chi connectivity index (χ1v) is 9.50. The molecule has 3 aromatic rings. The van der Waals surface area contributed by atoms with Crippen molar-refractivity contribution < 1.29 is 5.11 Å². The van der Waals surface area contributed by atoms with Crippen molar-refractivity contribution in [1.29, 1.82) is 0 Å². The molecule has 0 atom stereocenters. The molecule has 1 saturated heterocycles. The van der Waals surface area contributed by atoms with Crippen molar-refractivity contribution in [3.05, 3.63) is 36.8 Å². The van der Waals surface area contributed by atoms with E-state index in [1.165, 1.54) is 32.1 Å². The van der Waals surface area contributed by atoms with Gasteiger partial charge in [-0.3, -0.25) is 5.10 Å². The summed E-state index contributed by atoms with van der Waals surface area (Å²) < 4.78 is 0. The predicted octanol–water partition coefficient (Wildman–Crippen LogP) is 3.40. The Hall–Kier alpha value is -2.96. The van der Waals surface area contributed by atoms with Crippen LogP contribution in [0.1, 0.15) is 32.1 Å². The lowest BCUT2D eigenvalue weighted by atomic mass is 9.63. The fraction of sp³-hybridized carbons (Fsp3) is 0.400. The van der Waals surface area contributed by atoms with Gasteiger partial charge in [0.05, 0.1) is 12.4 Å². The normalized spacial score (nSPS) is 18.4.